The number of anilines is 1. The Morgan fingerprint density at radius 2 is 2.33 bits per heavy atom. The quantitative estimate of drug-likeness (QED) is 0.676. The normalized spacial score (nSPS) is 23.0. The Morgan fingerprint density at radius 3 is 3.00 bits per heavy atom. The maximum absolute atomic E-state index is 11.0. The molecule has 18 heavy (non-hydrogen) atoms. The second-order valence-electron chi connectivity index (χ2n) is 4.23. The van der Waals surface area contributed by atoms with Gasteiger partial charge in [-0.3, -0.25) is 15.1 Å². The molecule has 98 valence electrons. The van der Waals surface area contributed by atoms with Gasteiger partial charge in [-0.1, -0.05) is 6.42 Å². The molecule has 1 fully saturated rings. The molecule has 1 N–H and O–H groups in total. The van der Waals surface area contributed by atoms with Crippen molar-refractivity contribution in [3.8, 4) is 0 Å². The Hall–Kier alpha value is -0.820. The summed E-state index contributed by atoms with van der Waals surface area (Å²) in [6.45, 7) is 0. The van der Waals surface area contributed by atoms with E-state index in [1.54, 1.807) is 6.20 Å². The number of halogens is 1. The van der Waals surface area contributed by atoms with Crippen LogP contribution in [0.4, 0.5) is 11.4 Å². The molecule has 0 bridgehead atoms. The second-order valence-corrected chi connectivity index (χ2v) is 6.16. The van der Waals surface area contributed by atoms with Gasteiger partial charge in [0.15, 0.2) is 0 Å². The molecule has 7 heteroatoms. The van der Waals surface area contributed by atoms with Gasteiger partial charge in [0.25, 0.3) is 0 Å². The number of rotatable bonds is 4. The van der Waals surface area contributed by atoms with Gasteiger partial charge in [0, 0.05) is 17.5 Å². The minimum Gasteiger partial charge on any atom is -0.375 e. The molecule has 0 spiro atoms. The first-order valence-corrected chi connectivity index (χ1v) is 7.78. The van der Waals surface area contributed by atoms with Crippen molar-refractivity contribution < 1.29 is 4.92 Å². The summed E-state index contributed by atoms with van der Waals surface area (Å²) >= 11 is 5.14. The summed E-state index contributed by atoms with van der Waals surface area (Å²) in [6.07, 6.45) is 8.33. The van der Waals surface area contributed by atoms with Crippen LogP contribution in [0, 0.1) is 10.1 Å². The van der Waals surface area contributed by atoms with Crippen LogP contribution in [0.25, 0.3) is 0 Å². The van der Waals surface area contributed by atoms with Crippen molar-refractivity contribution in [2.75, 3.05) is 11.6 Å². The molecule has 2 unspecified atom stereocenters. The third kappa shape index (κ3) is 2.77. The van der Waals surface area contributed by atoms with Crippen molar-refractivity contribution in [2.45, 2.75) is 30.6 Å². The van der Waals surface area contributed by atoms with E-state index < -0.39 is 4.92 Å². The molecule has 0 aromatic carbocycles. The molecule has 1 aliphatic rings. The molecule has 2 atom stereocenters. The van der Waals surface area contributed by atoms with E-state index in [1.807, 2.05) is 11.8 Å². The van der Waals surface area contributed by atoms with Gasteiger partial charge < -0.3 is 5.32 Å². The fraction of sp³-hybridized carbons (Fsp3) is 0.545. The first-order chi connectivity index (χ1) is 8.63. The van der Waals surface area contributed by atoms with Crippen molar-refractivity contribution in [1.82, 2.24) is 4.98 Å². The first kappa shape index (κ1) is 13.6. The summed E-state index contributed by atoms with van der Waals surface area (Å²) in [5.74, 6) is 0. The van der Waals surface area contributed by atoms with Crippen molar-refractivity contribution in [3.05, 3.63) is 27.0 Å². The zero-order valence-corrected chi connectivity index (χ0v) is 12.3. The maximum atomic E-state index is 11.0. The van der Waals surface area contributed by atoms with Crippen molar-refractivity contribution in [1.29, 1.82) is 0 Å². The number of aromatic nitrogens is 1. The maximum Gasteiger partial charge on any atom is 0.311 e. The van der Waals surface area contributed by atoms with Crippen LogP contribution in [0.15, 0.2) is 16.9 Å². The minimum absolute atomic E-state index is 0.0242. The highest BCUT2D eigenvalue weighted by Crippen LogP contribution is 2.36. The number of pyridine rings is 1. The van der Waals surface area contributed by atoms with E-state index in [0.717, 1.165) is 12.8 Å². The Labute approximate surface area is 118 Å². The van der Waals surface area contributed by atoms with E-state index in [9.17, 15) is 10.1 Å². The Morgan fingerprint density at radius 1 is 1.56 bits per heavy atom. The number of nitrogens with zero attached hydrogens (tertiary/aromatic N) is 2. The van der Waals surface area contributed by atoms with Crippen molar-refractivity contribution in [3.63, 3.8) is 0 Å². The predicted octanol–water partition coefficient (Wildman–Crippen LogP) is 3.45. The molecule has 1 heterocycles. The van der Waals surface area contributed by atoms with Crippen LogP contribution in [0.3, 0.4) is 0 Å². The standard InChI is InChI=1S/C11H14BrN3O2S/c1-18-10-4-2-3-8(10)14-11-7(12)5-13-6-9(11)15(16)17/h5-6,8,10H,2-4H2,1H3,(H,13,14). The summed E-state index contributed by atoms with van der Waals surface area (Å²) in [6, 6.07) is 0.289. The highest BCUT2D eigenvalue weighted by molar-refractivity contribution is 9.10. The second kappa shape index (κ2) is 5.88. The molecule has 0 amide bonds. The van der Waals surface area contributed by atoms with E-state index in [4.69, 9.17) is 0 Å². The summed E-state index contributed by atoms with van der Waals surface area (Å²) in [5, 5.41) is 14.8. The lowest BCUT2D eigenvalue weighted by Crippen LogP contribution is -2.26. The fourth-order valence-corrected chi connectivity index (χ4v) is 3.64. The predicted molar refractivity (Wildman–Crippen MR) is 77.2 cm³/mol. The van der Waals surface area contributed by atoms with Gasteiger partial charge >= 0.3 is 5.69 Å². The van der Waals surface area contributed by atoms with Crippen LogP contribution in [-0.4, -0.2) is 27.5 Å². The molecule has 1 aliphatic carbocycles. The van der Waals surface area contributed by atoms with Crippen LogP contribution >= 0.6 is 27.7 Å². The summed E-state index contributed by atoms with van der Waals surface area (Å²) in [4.78, 5) is 14.4. The van der Waals surface area contributed by atoms with Gasteiger partial charge in [0.05, 0.1) is 9.40 Å². The van der Waals surface area contributed by atoms with E-state index in [-0.39, 0.29) is 11.7 Å². The average molecular weight is 332 g/mol. The largest absolute Gasteiger partial charge is 0.375 e. The first-order valence-electron chi connectivity index (χ1n) is 5.70. The SMILES string of the molecule is CSC1CCCC1Nc1c(Br)cncc1[N+](=O)[O-]. The Balaban J connectivity index is 2.25. The molecule has 2 rings (SSSR count). The van der Waals surface area contributed by atoms with E-state index in [0.29, 0.717) is 15.4 Å². The fourth-order valence-electron chi connectivity index (χ4n) is 2.26. The monoisotopic (exact) mass is 331 g/mol. The molecular formula is C11H14BrN3O2S. The van der Waals surface area contributed by atoms with Crippen molar-refractivity contribution >= 4 is 39.1 Å². The summed E-state index contributed by atoms with van der Waals surface area (Å²) in [5.41, 5.74) is 0.567. The van der Waals surface area contributed by atoms with Gasteiger partial charge in [-0.15, -0.1) is 0 Å². The van der Waals surface area contributed by atoms with Gasteiger partial charge in [-0.25, -0.2) is 0 Å². The zero-order valence-electron chi connectivity index (χ0n) is 9.93. The highest BCUT2D eigenvalue weighted by Gasteiger charge is 2.29. The number of hydrogen-bond donors (Lipinski definition) is 1. The third-order valence-electron chi connectivity index (χ3n) is 3.16. The lowest BCUT2D eigenvalue weighted by molar-refractivity contribution is -0.384. The van der Waals surface area contributed by atoms with Gasteiger partial charge in [-0.05, 0) is 35.0 Å². The van der Waals surface area contributed by atoms with E-state index in [1.165, 1.54) is 12.6 Å². The number of nitrogens with one attached hydrogen (secondary N) is 1. The molecule has 0 saturated heterocycles. The van der Waals surface area contributed by atoms with Gasteiger partial charge in [0.1, 0.15) is 11.9 Å². The van der Waals surface area contributed by atoms with Gasteiger partial charge in [0.2, 0.25) is 0 Å². The third-order valence-corrected chi connectivity index (χ3v) is 4.93. The summed E-state index contributed by atoms with van der Waals surface area (Å²) in [7, 11) is 0. The smallest absolute Gasteiger partial charge is 0.311 e. The van der Waals surface area contributed by atoms with E-state index >= 15 is 0 Å². The minimum atomic E-state index is -0.400. The number of thioether (sulfide) groups is 1. The van der Waals surface area contributed by atoms with Crippen LogP contribution in [0.2, 0.25) is 0 Å². The van der Waals surface area contributed by atoms with Gasteiger partial charge in [-0.2, -0.15) is 11.8 Å². The molecule has 0 radical (unpaired) electrons. The Bertz CT molecular complexity index is 458. The molecule has 0 aliphatic heterocycles. The lowest BCUT2D eigenvalue weighted by Gasteiger charge is -2.20. The zero-order chi connectivity index (χ0) is 13.1. The lowest BCUT2D eigenvalue weighted by atomic mass is 10.2. The van der Waals surface area contributed by atoms with Crippen LogP contribution in [0.1, 0.15) is 19.3 Å². The van der Waals surface area contributed by atoms with Crippen LogP contribution in [0.5, 0.6) is 0 Å². The highest BCUT2D eigenvalue weighted by atomic mass is 79.9. The molecule has 1 saturated carbocycles. The molecular weight excluding hydrogens is 318 g/mol. The summed E-state index contributed by atoms with van der Waals surface area (Å²) < 4.78 is 0.642. The van der Waals surface area contributed by atoms with Crippen LogP contribution in [-0.2, 0) is 0 Å². The molecule has 1 aromatic rings. The molecule has 1 aromatic heterocycles. The van der Waals surface area contributed by atoms with E-state index in [2.05, 4.69) is 32.5 Å². The van der Waals surface area contributed by atoms with Crippen molar-refractivity contribution in [2.24, 2.45) is 0 Å². The average Bonchev–Trinajstić information content (AvgIpc) is 2.78. The van der Waals surface area contributed by atoms with Crippen LogP contribution < -0.4 is 5.32 Å². The number of nitro groups is 1. The number of hydrogen-bond acceptors (Lipinski definition) is 5. The topological polar surface area (TPSA) is 68.1 Å². The Kier molecular flexibility index (Phi) is 4.45. The molecule has 5 nitrogen and oxygen atoms in total.